The van der Waals surface area contributed by atoms with Crippen molar-refractivity contribution in [3.8, 4) is 22.3 Å². The van der Waals surface area contributed by atoms with Gasteiger partial charge in [0, 0.05) is 22.4 Å². The van der Waals surface area contributed by atoms with Crippen LogP contribution >= 0.6 is 0 Å². The lowest BCUT2D eigenvalue weighted by molar-refractivity contribution is 0.666. The molecule has 0 atom stereocenters. The van der Waals surface area contributed by atoms with Gasteiger partial charge in [-0.05, 0) is 101 Å². The second-order valence-electron chi connectivity index (χ2n) is 14.1. The first-order valence-corrected chi connectivity index (χ1v) is 17.5. The molecule has 1 aliphatic rings. The van der Waals surface area contributed by atoms with E-state index in [1.54, 1.807) is 0 Å². The fourth-order valence-corrected chi connectivity index (χ4v) is 8.71. The van der Waals surface area contributed by atoms with E-state index >= 15 is 0 Å². The van der Waals surface area contributed by atoms with E-state index in [0.29, 0.717) is 0 Å². The lowest BCUT2D eigenvalue weighted by Gasteiger charge is -2.30. The molecule has 50 heavy (non-hydrogen) atoms. The molecule has 0 spiro atoms. The van der Waals surface area contributed by atoms with Crippen LogP contribution in [0.5, 0.6) is 0 Å². The zero-order chi connectivity index (χ0) is 33.4. The van der Waals surface area contributed by atoms with Crippen molar-refractivity contribution in [3.05, 3.63) is 187 Å². The summed E-state index contributed by atoms with van der Waals surface area (Å²) in [6.45, 7) is 4.78. The Hall–Kier alpha value is -6.18. The number of nitrogens with zero attached hydrogens (tertiary/aromatic N) is 1. The summed E-state index contributed by atoms with van der Waals surface area (Å²) in [6.07, 6.45) is 0. The highest BCUT2D eigenvalue weighted by Gasteiger charge is 2.39. The lowest BCUT2D eigenvalue weighted by atomic mass is 9.80. The fourth-order valence-electron chi connectivity index (χ4n) is 8.71. The Labute approximate surface area is 292 Å². The lowest BCUT2D eigenvalue weighted by Crippen LogP contribution is -2.16. The maximum absolute atomic E-state index is 2.50. The van der Waals surface area contributed by atoms with E-state index in [0.717, 1.165) is 11.4 Å². The molecule has 1 heteroatoms. The van der Waals surface area contributed by atoms with Gasteiger partial charge in [0.15, 0.2) is 0 Å². The topological polar surface area (TPSA) is 3.24 Å². The SMILES string of the molecule is CC1(C)c2ccccc2-c2c(N(c3ccc(-c4ccccc4)cc3)c3ccc4c5ccccc5c5ccccc5c4c3)cc3ccccc3c21. The van der Waals surface area contributed by atoms with Gasteiger partial charge in [0.05, 0.1) is 5.69 Å². The van der Waals surface area contributed by atoms with E-state index in [2.05, 4.69) is 195 Å². The molecule has 0 aromatic heterocycles. The third kappa shape index (κ3) is 4.20. The molecule has 0 N–H and O–H groups in total. The van der Waals surface area contributed by atoms with Crippen LogP contribution in [0.2, 0.25) is 0 Å². The quantitative estimate of drug-likeness (QED) is 0.174. The summed E-state index contributed by atoms with van der Waals surface area (Å²) in [5.74, 6) is 0. The van der Waals surface area contributed by atoms with Crippen molar-refractivity contribution < 1.29 is 0 Å². The van der Waals surface area contributed by atoms with E-state index < -0.39 is 0 Å². The fraction of sp³-hybridized carbons (Fsp3) is 0.0612. The van der Waals surface area contributed by atoms with Gasteiger partial charge in [-0.25, -0.2) is 0 Å². The molecule has 0 saturated heterocycles. The van der Waals surface area contributed by atoms with Crippen LogP contribution in [0.4, 0.5) is 17.1 Å². The van der Waals surface area contributed by atoms with E-state index in [9.17, 15) is 0 Å². The van der Waals surface area contributed by atoms with Crippen LogP contribution in [-0.2, 0) is 5.41 Å². The smallest absolute Gasteiger partial charge is 0.0549 e. The summed E-state index contributed by atoms with van der Waals surface area (Å²) < 4.78 is 0. The van der Waals surface area contributed by atoms with Gasteiger partial charge in [-0.3, -0.25) is 0 Å². The van der Waals surface area contributed by atoms with Crippen molar-refractivity contribution in [2.75, 3.05) is 4.90 Å². The molecule has 0 fully saturated rings. The Bertz CT molecular complexity index is 2740. The molecule has 0 saturated carbocycles. The van der Waals surface area contributed by atoms with Crippen molar-refractivity contribution in [2.45, 2.75) is 19.3 Å². The van der Waals surface area contributed by atoms with Crippen LogP contribution in [-0.4, -0.2) is 0 Å². The zero-order valence-electron chi connectivity index (χ0n) is 28.2. The second-order valence-corrected chi connectivity index (χ2v) is 14.1. The Morgan fingerprint density at radius 1 is 0.400 bits per heavy atom. The molecule has 0 radical (unpaired) electrons. The Kier molecular flexibility index (Phi) is 6.29. The third-order valence-corrected chi connectivity index (χ3v) is 11.0. The molecule has 9 aromatic carbocycles. The first-order chi connectivity index (χ1) is 24.6. The van der Waals surface area contributed by atoms with Gasteiger partial charge in [-0.2, -0.15) is 0 Å². The predicted molar refractivity (Wildman–Crippen MR) is 214 cm³/mol. The number of benzene rings is 9. The van der Waals surface area contributed by atoms with Gasteiger partial charge in [0.25, 0.3) is 0 Å². The summed E-state index contributed by atoms with van der Waals surface area (Å²) in [6, 6.07) is 64.9. The van der Waals surface area contributed by atoms with Crippen molar-refractivity contribution in [1.29, 1.82) is 0 Å². The molecule has 0 aliphatic heterocycles. The highest BCUT2D eigenvalue weighted by molar-refractivity contribution is 6.26. The second kappa shape index (κ2) is 10.9. The third-order valence-electron chi connectivity index (χ3n) is 11.0. The van der Waals surface area contributed by atoms with E-state index in [-0.39, 0.29) is 5.41 Å². The molecule has 0 amide bonds. The maximum atomic E-state index is 2.50. The minimum Gasteiger partial charge on any atom is -0.310 e. The van der Waals surface area contributed by atoms with Crippen LogP contribution in [0.25, 0.3) is 65.3 Å². The number of hydrogen-bond donors (Lipinski definition) is 0. The van der Waals surface area contributed by atoms with E-state index in [1.165, 1.54) is 82.2 Å². The van der Waals surface area contributed by atoms with Crippen molar-refractivity contribution in [2.24, 2.45) is 0 Å². The van der Waals surface area contributed by atoms with Crippen LogP contribution in [0, 0.1) is 0 Å². The van der Waals surface area contributed by atoms with Gasteiger partial charge in [0.2, 0.25) is 0 Å². The monoisotopic (exact) mass is 637 g/mol. The molecule has 0 bridgehead atoms. The Balaban J connectivity index is 1.30. The van der Waals surface area contributed by atoms with Crippen LogP contribution in [0.1, 0.15) is 25.0 Å². The van der Waals surface area contributed by atoms with Crippen LogP contribution < -0.4 is 4.90 Å². The summed E-state index contributed by atoms with van der Waals surface area (Å²) in [7, 11) is 0. The molecular formula is C49H35N. The molecule has 1 nitrogen and oxygen atoms in total. The highest BCUT2D eigenvalue weighted by Crippen LogP contribution is 2.57. The minimum absolute atomic E-state index is 0.150. The molecular weight excluding hydrogens is 603 g/mol. The average Bonchev–Trinajstić information content (AvgIpc) is 3.42. The van der Waals surface area contributed by atoms with Crippen LogP contribution in [0.3, 0.4) is 0 Å². The summed E-state index contributed by atoms with van der Waals surface area (Å²) in [5, 5.41) is 10.3. The highest BCUT2D eigenvalue weighted by atomic mass is 15.1. The van der Waals surface area contributed by atoms with Gasteiger partial charge in [0.1, 0.15) is 0 Å². The van der Waals surface area contributed by atoms with Crippen molar-refractivity contribution in [1.82, 2.24) is 0 Å². The van der Waals surface area contributed by atoms with Gasteiger partial charge in [-0.1, -0.05) is 159 Å². The van der Waals surface area contributed by atoms with Crippen molar-refractivity contribution >= 4 is 60.2 Å². The normalized spacial score (nSPS) is 13.2. The summed E-state index contributed by atoms with van der Waals surface area (Å²) in [4.78, 5) is 2.50. The first-order valence-electron chi connectivity index (χ1n) is 17.5. The maximum Gasteiger partial charge on any atom is 0.0549 e. The molecule has 236 valence electrons. The van der Waals surface area contributed by atoms with E-state index in [4.69, 9.17) is 0 Å². The standard InChI is InChI=1S/C49H35N/c1-49(2)45-23-13-12-22-43(45)47-46(30-34-16-6-7-17-37(34)48(47)49)50(35-26-24-33(25-27-35)32-14-4-3-5-15-32)36-28-29-42-40-20-9-8-18-38(40)39-19-10-11-21-41(39)44(42)31-36/h3-31H,1-2H3. The van der Waals surface area contributed by atoms with Gasteiger partial charge in [-0.15, -0.1) is 0 Å². The first kappa shape index (κ1) is 28.8. The number of rotatable bonds is 4. The molecule has 0 heterocycles. The number of fused-ring (bicyclic) bond motifs is 11. The van der Waals surface area contributed by atoms with Crippen LogP contribution in [0.15, 0.2) is 176 Å². The van der Waals surface area contributed by atoms with Gasteiger partial charge >= 0.3 is 0 Å². The number of anilines is 3. The zero-order valence-corrected chi connectivity index (χ0v) is 28.2. The average molecular weight is 638 g/mol. The Morgan fingerprint density at radius 3 is 1.62 bits per heavy atom. The molecule has 10 rings (SSSR count). The Morgan fingerprint density at radius 2 is 0.920 bits per heavy atom. The molecule has 1 aliphatic carbocycles. The number of hydrogen-bond acceptors (Lipinski definition) is 1. The van der Waals surface area contributed by atoms with Gasteiger partial charge < -0.3 is 4.90 Å². The van der Waals surface area contributed by atoms with Crippen molar-refractivity contribution in [3.63, 3.8) is 0 Å². The molecule has 0 unspecified atom stereocenters. The van der Waals surface area contributed by atoms with E-state index in [1.807, 2.05) is 0 Å². The largest absolute Gasteiger partial charge is 0.310 e. The predicted octanol–water partition coefficient (Wildman–Crippen LogP) is 13.7. The summed E-state index contributed by atoms with van der Waals surface area (Å²) in [5.41, 5.74) is 11.2. The summed E-state index contributed by atoms with van der Waals surface area (Å²) >= 11 is 0. The minimum atomic E-state index is -0.150. The molecule has 9 aromatic rings.